The summed E-state index contributed by atoms with van der Waals surface area (Å²) in [6, 6.07) is 5.70. The van der Waals surface area contributed by atoms with Crippen LogP contribution in [0, 0.1) is 6.92 Å². The van der Waals surface area contributed by atoms with Crippen molar-refractivity contribution in [2.75, 3.05) is 11.9 Å². The standard InChI is InChI=1S/C12H13ClN4/c1-9-15-11(13)6-12(16-9)17(2)8-10-4-3-5-14-7-10/h3-7H,8H2,1-2H3. The van der Waals surface area contributed by atoms with Gasteiger partial charge in [0.05, 0.1) is 0 Å². The van der Waals surface area contributed by atoms with Gasteiger partial charge in [0.25, 0.3) is 0 Å². The van der Waals surface area contributed by atoms with E-state index >= 15 is 0 Å². The van der Waals surface area contributed by atoms with Crippen LogP contribution in [0.5, 0.6) is 0 Å². The van der Waals surface area contributed by atoms with Crippen molar-refractivity contribution < 1.29 is 0 Å². The van der Waals surface area contributed by atoms with E-state index in [2.05, 4.69) is 15.0 Å². The maximum Gasteiger partial charge on any atom is 0.134 e. The molecule has 2 aromatic heterocycles. The first kappa shape index (κ1) is 11.8. The molecule has 0 aliphatic rings. The summed E-state index contributed by atoms with van der Waals surface area (Å²) in [7, 11) is 1.96. The molecule has 0 aliphatic carbocycles. The van der Waals surface area contributed by atoms with Gasteiger partial charge in [-0.1, -0.05) is 17.7 Å². The first-order valence-corrected chi connectivity index (χ1v) is 5.64. The van der Waals surface area contributed by atoms with E-state index in [1.165, 1.54) is 0 Å². The molecule has 0 N–H and O–H groups in total. The third-order valence-electron chi connectivity index (χ3n) is 2.33. The van der Waals surface area contributed by atoms with Gasteiger partial charge in [-0.15, -0.1) is 0 Å². The van der Waals surface area contributed by atoms with Gasteiger partial charge in [-0.2, -0.15) is 0 Å². The van der Waals surface area contributed by atoms with Crippen LogP contribution in [0.15, 0.2) is 30.6 Å². The molecule has 0 amide bonds. The molecule has 4 nitrogen and oxygen atoms in total. The van der Waals surface area contributed by atoms with E-state index in [0.29, 0.717) is 11.0 Å². The third kappa shape index (κ3) is 3.14. The Kier molecular flexibility index (Phi) is 3.54. The molecule has 0 spiro atoms. The summed E-state index contributed by atoms with van der Waals surface area (Å²) in [6.45, 7) is 2.56. The molecule has 0 unspecified atom stereocenters. The van der Waals surface area contributed by atoms with Crippen molar-refractivity contribution >= 4 is 17.4 Å². The van der Waals surface area contributed by atoms with E-state index in [1.807, 2.05) is 37.2 Å². The van der Waals surface area contributed by atoms with Crippen molar-refractivity contribution in [1.82, 2.24) is 15.0 Å². The number of nitrogens with zero attached hydrogens (tertiary/aromatic N) is 4. The fourth-order valence-electron chi connectivity index (χ4n) is 1.56. The van der Waals surface area contributed by atoms with E-state index < -0.39 is 0 Å². The molecule has 0 fully saturated rings. The Balaban J connectivity index is 2.17. The molecule has 2 heterocycles. The normalized spacial score (nSPS) is 10.3. The molecule has 88 valence electrons. The molecule has 17 heavy (non-hydrogen) atoms. The average molecular weight is 249 g/mol. The van der Waals surface area contributed by atoms with Crippen LogP contribution in [0.3, 0.4) is 0 Å². The molecule has 0 aromatic carbocycles. The Labute approximate surface area is 105 Å². The predicted molar refractivity (Wildman–Crippen MR) is 68.1 cm³/mol. The lowest BCUT2D eigenvalue weighted by molar-refractivity contribution is 0.874. The van der Waals surface area contributed by atoms with Gasteiger partial charge in [-0.25, -0.2) is 9.97 Å². The number of aromatic nitrogens is 3. The molecular formula is C12H13ClN4. The highest BCUT2D eigenvalue weighted by Gasteiger charge is 2.06. The highest BCUT2D eigenvalue weighted by molar-refractivity contribution is 6.29. The van der Waals surface area contributed by atoms with Crippen molar-refractivity contribution in [3.05, 3.63) is 47.1 Å². The summed E-state index contributed by atoms with van der Waals surface area (Å²) in [5.74, 6) is 1.48. The molecule has 2 rings (SSSR count). The summed E-state index contributed by atoms with van der Waals surface area (Å²) < 4.78 is 0. The Morgan fingerprint density at radius 3 is 2.82 bits per heavy atom. The van der Waals surface area contributed by atoms with Crippen LogP contribution in [0.4, 0.5) is 5.82 Å². The van der Waals surface area contributed by atoms with Crippen LogP contribution in [-0.2, 0) is 6.54 Å². The molecule has 0 atom stereocenters. The van der Waals surface area contributed by atoms with Crippen LogP contribution < -0.4 is 4.90 Å². The van der Waals surface area contributed by atoms with Crippen molar-refractivity contribution in [1.29, 1.82) is 0 Å². The highest BCUT2D eigenvalue weighted by atomic mass is 35.5. The summed E-state index contributed by atoms with van der Waals surface area (Å²) in [6.07, 6.45) is 3.60. The van der Waals surface area contributed by atoms with Crippen molar-refractivity contribution in [3.63, 3.8) is 0 Å². The number of anilines is 1. The molecule has 0 saturated carbocycles. The monoisotopic (exact) mass is 248 g/mol. The molecule has 2 aromatic rings. The maximum atomic E-state index is 5.91. The van der Waals surface area contributed by atoms with Crippen LogP contribution in [0.1, 0.15) is 11.4 Å². The van der Waals surface area contributed by atoms with E-state index in [1.54, 1.807) is 12.3 Å². The van der Waals surface area contributed by atoms with Crippen LogP contribution in [0.25, 0.3) is 0 Å². The summed E-state index contributed by atoms with van der Waals surface area (Å²) in [5, 5.41) is 0.463. The summed E-state index contributed by atoms with van der Waals surface area (Å²) in [4.78, 5) is 14.5. The smallest absolute Gasteiger partial charge is 0.134 e. The Bertz CT molecular complexity index is 481. The van der Waals surface area contributed by atoms with Crippen molar-refractivity contribution in [2.45, 2.75) is 13.5 Å². The second-order valence-corrected chi connectivity index (χ2v) is 4.20. The first-order chi connectivity index (χ1) is 8.15. The Morgan fingerprint density at radius 1 is 1.35 bits per heavy atom. The average Bonchev–Trinajstić information content (AvgIpc) is 2.29. The number of halogens is 1. The number of hydrogen-bond donors (Lipinski definition) is 0. The van der Waals surface area contributed by atoms with E-state index in [0.717, 1.165) is 17.9 Å². The minimum absolute atomic E-state index is 0.463. The number of pyridine rings is 1. The second kappa shape index (κ2) is 5.10. The van der Waals surface area contributed by atoms with E-state index in [4.69, 9.17) is 11.6 Å². The first-order valence-electron chi connectivity index (χ1n) is 5.26. The number of rotatable bonds is 3. The Morgan fingerprint density at radius 2 is 2.18 bits per heavy atom. The number of aryl methyl sites for hydroxylation is 1. The van der Waals surface area contributed by atoms with Crippen molar-refractivity contribution in [2.24, 2.45) is 0 Å². The van der Waals surface area contributed by atoms with Crippen LogP contribution in [-0.4, -0.2) is 22.0 Å². The summed E-state index contributed by atoms with van der Waals surface area (Å²) in [5.41, 5.74) is 1.13. The largest absolute Gasteiger partial charge is 0.355 e. The zero-order valence-corrected chi connectivity index (χ0v) is 10.5. The van der Waals surface area contributed by atoms with Gasteiger partial charge >= 0.3 is 0 Å². The van der Waals surface area contributed by atoms with Gasteiger partial charge in [-0.05, 0) is 18.6 Å². The molecule has 0 radical (unpaired) electrons. The Hall–Kier alpha value is -1.68. The van der Waals surface area contributed by atoms with Crippen molar-refractivity contribution in [3.8, 4) is 0 Å². The fraction of sp³-hybridized carbons (Fsp3) is 0.250. The third-order valence-corrected chi connectivity index (χ3v) is 2.52. The van der Waals surface area contributed by atoms with Gasteiger partial charge in [-0.3, -0.25) is 4.98 Å². The van der Waals surface area contributed by atoms with Crippen LogP contribution >= 0.6 is 11.6 Å². The molecule has 0 saturated heterocycles. The lowest BCUT2D eigenvalue weighted by Gasteiger charge is -2.18. The van der Waals surface area contributed by atoms with Gasteiger partial charge in [0, 0.05) is 32.1 Å². The topological polar surface area (TPSA) is 41.9 Å². The lowest BCUT2D eigenvalue weighted by atomic mass is 10.3. The van der Waals surface area contributed by atoms with Gasteiger partial charge in [0.15, 0.2) is 0 Å². The molecule has 0 bridgehead atoms. The quantitative estimate of drug-likeness (QED) is 0.783. The van der Waals surface area contributed by atoms with E-state index in [9.17, 15) is 0 Å². The van der Waals surface area contributed by atoms with Gasteiger partial charge in [0.1, 0.15) is 16.8 Å². The number of hydrogen-bond acceptors (Lipinski definition) is 4. The minimum atomic E-state index is 0.463. The molecule has 0 aliphatic heterocycles. The molecular weight excluding hydrogens is 236 g/mol. The summed E-state index contributed by atoms with van der Waals surface area (Å²) >= 11 is 5.91. The van der Waals surface area contributed by atoms with E-state index in [-0.39, 0.29) is 0 Å². The highest BCUT2D eigenvalue weighted by Crippen LogP contribution is 2.16. The minimum Gasteiger partial charge on any atom is -0.355 e. The molecule has 5 heteroatoms. The van der Waals surface area contributed by atoms with Crippen LogP contribution in [0.2, 0.25) is 5.15 Å². The zero-order valence-electron chi connectivity index (χ0n) is 9.76. The van der Waals surface area contributed by atoms with Gasteiger partial charge in [0.2, 0.25) is 0 Å². The SMILES string of the molecule is Cc1nc(Cl)cc(N(C)Cc2cccnc2)n1. The fourth-order valence-corrected chi connectivity index (χ4v) is 1.78. The lowest BCUT2D eigenvalue weighted by Crippen LogP contribution is -2.18. The maximum absolute atomic E-state index is 5.91. The predicted octanol–water partition coefficient (Wildman–Crippen LogP) is 2.47. The zero-order chi connectivity index (χ0) is 12.3. The van der Waals surface area contributed by atoms with Gasteiger partial charge < -0.3 is 4.90 Å². The second-order valence-electron chi connectivity index (χ2n) is 3.81.